The van der Waals surface area contributed by atoms with Crippen LogP contribution >= 0.6 is 0 Å². The Balaban J connectivity index is 3.11. The van der Waals surface area contributed by atoms with E-state index in [1.165, 1.54) is 6.08 Å². The first kappa shape index (κ1) is 12.3. The summed E-state index contributed by atoms with van der Waals surface area (Å²) in [7, 11) is 1.83. The maximum absolute atomic E-state index is 9.08. The van der Waals surface area contributed by atoms with Gasteiger partial charge < -0.3 is 21.1 Å². The van der Waals surface area contributed by atoms with Crippen molar-refractivity contribution in [1.29, 1.82) is 5.41 Å². The summed E-state index contributed by atoms with van der Waals surface area (Å²) in [5.74, 6) is 0.494. The number of aliphatic hydroxyl groups is 1. The molecule has 4 nitrogen and oxygen atoms in total. The van der Waals surface area contributed by atoms with E-state index in [4.69, 9.17) is 16.2 Å². The quantitative estimate of drug-likeness (QED) is 0.670. The van der Waals surface area contributed by atoms with Gasteiger partial charge in [-0.15, -0.1) is 0 Å². The Morgan fingerprint density at radius 3 is 2.81 bits per heavy atom. The van der Waals surface area contributed by atoms with Crippen LogP contribution in [0, 0.1) is 12.3 Å². The van der Waals surface area contributed by atoms with Crippen LogP contribution in [0.5, 0.6) is 0 Å². The number of nitrogens with two attached hydrogens (primary N) is 1. The highest BCUT2D eigenvalue weighted by Crippen LogP contribution is 2.22. The normalized spacial score (nSPS) is 11.3. The molecule has 0 aromatic heterocycles. The van der Waals surface area contributed by atoms with Crippen LogP contribution in [0.15, 0.2) is 30.1 Å². The monoisotopic (exact) mass is 219 g/mol. The van der Waals surface area contributed by atoms with Crippen molar-refractivity contribution in [2.75, 3.05) is 11.9 Å². The predicted molar refractivity (Wildman–Crippen MR) is 66.6 cm³/mol. The van der Waals surface area contributed by atoms with Gasteiger partial charge in [0.2, 0.25) is 0 Å². The van der Waals surface area contributed by atoms with Gasteiger partial charge >= 0.3 is 0 Å². The van der Waals surface area contributed by atoms with E-state index in [1.54, 1.807) is 4.90 Å². The number of allylic oxidation sites excluding steroid dienone is 1. The second-order valence-corrected chi connectivity index (χ2v) is 3.60. The van der Waals surface area contributed by atoms with Gasteiger partial charge in [0.05, 0.1) is 6.61 Å². The summed E-state index contributed by atoms with van der Waals surface area (Å²) in [5.41, 5.74) is 8.64. The number of anilines is 1. The predicted octanol–water partition coefficient (Wildman–Crippen LogP) is 1.37. The van der Waals surface area contributed by atoms with Gasteiger partial charge in [-0.1, -0.05) is 12.1 Å². The number of rotatable bonds is 4. The molecule has 86 valence electrons. The van der Waals surface area contributed by atoms with Crippen molar-refractivity contribution in [1.82, 2.24) is 0 Å². The molecule has 0 fully saturated rings. The van der Waals surface area contributed by atoms with Gasteiger partial charge in [-0.2, -0.15) is 0 Å². The minimum absolute atomic E-state index is 0.00923. The second-order valence-electron chi connectivity index (χ2n) is 3.60. The van der Waals surface area contributed by atoms with E-state index in [1.807, 2.05) is 32.2 Å². The molecule has 16 heavy (non-hydrogen) atoms. The fraction of sp³-hybridized carbons (Fsp3) is 0.250. The van der Waals surface area contributed by atoms with E-state index in [9.17, 15) is 0 Å². The zero-order valence-electron chi connectivity index (χ0n) is 9.57. The van der Waals surface area contributed by atoms with Crippen molar-refractivity contribution in [3.05, 3.63) is 41.2 Å². The summed E-state index contributed by atoms with van der Waals surface area (Å²) < 4.78 is 0. The molecule has 0 unspecified atom stereocenters. The molecule has 0 amide bonds. The highest BCUT2D eigenvalue weighted by Gasteiger charge is 2.07. The lowest BCUT2D eigenvalue weighted by molar-refractivity contribution is 0.282. The SMILES string of the molecule is Cc1ccc(CO)cc1N(C)/C(N)=C/C=N. The van der Waals surface area contributed by atoms with Gasteiger partial charge in [-0.3, -0.25) is 0 Å². The van der Waals surface area contributed by atoms with Gasteiger partial charge in [0.25, 0.3) is 0 Å². The maximum atomic E-state index is 9.08. The Morgan fingerprint density at radius 1 is 1.56 bits per heavy atom. The average Bonchev–Trinajstić information content (AvgIpc) is 2.29. The molecule has 0 bridgehead atoms. The molecule has 0 atom stereocenters. The van der Waals surface area contributed by atoms with Crippen LogP contribution in [0.2, 0.25) is 0 Å². The molecule has 1 rings (SSSR count). The largest absolute Gasteiger partial charge is 0.392 e. The van der Waals surface area contributed by atoms with Crippen LogP contribution in [0.4, 0.5) is 5.69 Å². The molecule has 0 aliphatic heterocycles. The van der Waals surface area contributed by atoms with Crippen molar-refractivity contribution in [2.45, 2.75) is 13.5 Å². The van der Waals surface area contributed by atoms with Crippen LogP contribution in [-0.4, -0.2) is 18.4 Å². The van der Waals surface area contributed by atoms with E-state index in [-0.39, 0.29) is 6.61 Å². The summed E-state index contributed by atoms with van der Waals surface area (Å²) in [5, 5.41) is 16.0. The summed E-state index contributed by atoms with van der Waals surface area (Å²) >= 11 is 0. The van der Waals surface area contributed by atoms with Crippen molar-refractivity contribution in [3.63, 3.8) is 0 Å². The molecule has 4 heteroatoms. The number of aliphatic hydroxyl groups excluding tert-OH is 1. The number of nitrogens with zero attached hydrogens (tertiary/aromatic N) is 1. The number of nitrogens with one attached hydrogen (secondary N) is 1. The lowest BCUT2D eigenvalue weighted by atomic mass is 10.1. The third kappa shape index (κ3) is 2.61. The van der Waals surface area contributed by atoms with Crippen molar-refractivity contribution >= 4 is 11.9 Å². The summed E-state index contributed by atoms with van der Waals surface area (Å²) in [6, 6.07) is 5.71. The topological polar surface area (TPSA) is 73.3 Å². The van der Waals surface area contributed by atoms with E-state index in [2.05, 4.69) is 0 Å². The third-order valence-corrected chi connectivity index (χ3v) is 2.46. The molecule has 0 spiro atoms. The van der Waals surface area contributed by atoms with E-state index in [0.29, 0.717) is 5.82 Å². The highest BCUT2D eigenvalue weighted by atomic mass is 16.3. The first-order valence-electron chi connectivity index (χ1n) is 5.00. The Labute approximate surface area is 95.5 Å². The van der Waals surface area contributed by atoms with E-state index < -0.39 is 0 Å². The average molecular weight is 219 g/mol. The summed E-state index contributed by atoms with van der Waals surface area (Å²) in [6.07, 6.45) is 2.67. The lowest BCUT2D eigenvalue weighted by Crippen LogP contribution is -2.23. The van der Waals surface area contributed by atoms with Gasteiger partial charge in [0.15, 0.2) is 0 Å². The molecule has 0 saturated heterocycles. The van der Waals surface area contributed by atoms with Crippen molar-refractivity contribution in [2.24, 2.45) is 5.73 Å². The fourth-order valence-corrected chi connectivity index (χ4v) is 1.45. The smallest absolute Gasteiger partial charge is 0.104 e. The van der Waals surface area contributed by atoms with Gasteiger partial charge in [-0.25, -0.2) is 0 Å². The molecule has 0 radical (unpaired) electrons. The number of aryl methyl sites for hydroxylation is 1. The van der Waals surface area contributed by atoms with E-state index in [0.717, 1.165) is 23.0 Å². The zero-order chi connectivity index (χ0) is 12.1. The third-order valence-electron chi connectivity index (χ3n) is 2.46. The summed E-state index contributed by atoms with van der Waals surface area (Å²) in [4.78, 5) is 1.79. The molecule has 1 aromatic carbocycles. The standard InChI is InChI=1S/C12H17N3O/c1-9-3-4-10(8-16)7-11(9)15(2)12(14)5-6-13/h3-7,13,16H,8,14H2,1-2H3/b12-5+,13-6?. The van der Waals surface area contributed by atoms with Crippen LogP contribution in [0.1, 0.15) is 11.1 Å². The summed E-state index contributed by atoms with van der Waals surface area (Å²) in [6.45, 7) is 1.99. The Morgan fingerprint density at radius 2 is 2.25 bits per heavy atom. The van der Waals surface area contributed by atoms with Crippen molar-refractivity contribution < 1.29 is 5.11 Å². The van der Waals surface area contributed by atoms with Crippen LogP contribution in [0.25, 0.3) is 0 Å². The first-order valence-corrected chi connectivity index (χ1v) is 5.00. The fourth-order valence-electron chi connectivity index (χ4n) is 1.45. The van der Waals surface area contributed by atoms with Crippen LogP contribution < -0.4 is 10.6 Å². The maximum Gasteiger partial charge on any atom is 0.104 e. The van der Waals surface area contributed by atoms with Gasteiger partial charge in [0, 0.05) is 18.9 Å². The lowest BCUT2D eigenvalue weighted by Gasteiger charge is -2.22. The molecule has 0 saturated carbocycles. The molecular formula is C12H17N3O. The number of benzene rings is 1. The zero-order valence-corrected chi connectivity index (χ0v) is 9.57. The Bertz CT molecular complexity index is 413. The van der Waals surface area contributed by atoms with Gasteiger partial charge in [0.1, 0.15) is 5.82 Å². The minimum atomic E-state index is 0.00923. The van der Waals surface area contributed by atoms with E-state index >= 15 is 0 Å². The molecule has 0 aliphatic carbocycles. The molecular weight excluding hydrogens is 202 g/mol. The number of hydrogen-bond donors (Lipinski definition) is 3. The van der Waals surface area contributed by atoms with Crippen LogP contribution in [-0.2, 0) is 6.61 Å². The number of hydrogen-bond acceptors (Lipinski definition) is 4. The van der Waals surface area contributed by atoms with Crippen LogP contribution in [0.3, 0.4) is 0 Å². The molecule has 1 aromatic rings. The molecule has 0 aliphatic rings. The Hall–Kier alpha value is -1.81. The first-order chi connectivity index (χ1) is 7.60. The minimum Gasteiger partial charge on any atom is -0.392 e. The molecule has 4 N–H and O–H groups in total. The molecule has 0 heterocycles. The van der Waals surface area contributed by atoms with Gasteiger partial charge in [-0.05, 0) is 30.2 Å². The highest BCUT2D eigenvalue weighted by molar-refractivity contribution is 5.71. The second kappa shape index (κ2) is 5.32. The van der Waals surface area contributed by atoms with Crippen molar-refractivity contribution in [3.8, 4) is 0 Å². The Kier molecular flexibility index (Phi) is 4.08.